The van der Waals surface area contributed by atoms with E-state index >= 15 is 0 Å². The number of ether oxygens (including phenoxy) is 2. The van der Waals surface area contributed by atoms with Crippen molar-refractivity contribution in [2.45, 2.75) is 10.4 Å². The maximum atomic E-state index is 5.84. The molecule has 5 nitrogen and oxygen atoms in total. The van der Waals surface area contributed by atoms with Crippen LogP contribution in [0.5, 0.6) is 11.5 Å². The Morgan fingerprint density at radius 3 is 2.94 bits per heavy atom. The average molecular weight is 281 g/mol. The molecule has 1 aliphatic rings. The quantitative estimate of drug-likeness (QED) is 0.868. The number of fused-ring (bicyclic) bond motifs is 1. The molecule has 2 N–H and O–H groups in total. The van der Waals surface area contributed by atoms with Crippen molar-refractivity contribution in [3.05, 3.63) is 24.3 Å². The van der Waals surface area contributed by atoms with E-state index in [0.29, 0.717) is 11.7 Å². The zero-order chi connectivity index (χ0) is 12.4. The zero-order valence-electron chi connectivity index (χ0n) is 9.41. The molecule has 1 atom stereocenters. The topological polar surface area (TPSA) is 70.3 Å². The highest BCUT2D eigenvalue weighted by molar-refractivity contribution is 8.01. The Balaban J connectivity index is 1.59. The van der Waals surface area contributed by atoms with Gasteiger partial charge in [0, 0.05) is 5.75 Å². The first-order valence-electron chi connectivity index (χ1n) is 5.41. The van der Waals surface area contributed by atoms with Crippen molar-refractivity contribution in [2.24, 2.45) is 0 Å². The molecule has 0 aliphatic carbocycles. The van der Waals surface area contributed by atoms with Crippen LogP contribution in [0.15, 0.2) is 28.6 Å². The summed E-state index contributed by atoms with van der Waals surface area (Å²) in [6.07, 6.45) is 0.0232. The summed E-state index contributed by atoms with van der Waals surface area (Å²) in [6, 6.07) is 7.68. The Morgan fingerprint density at radius 2 is 2.17 bits per heavy atom. The van der Waals surface area contributed by atoms with Gasteiger partial charge in [0.15, 0.2) is 15.8 Å². The van der Waals surface area contributed by atoms with E-state index in [1.54, 1.807) is 11.8 Å². The molecule has 2 aromatic rings. The highest BCUT2D eigenvalue weighted by Gasteiger charge is 2.21. The summed E-state index contributed by atoms with van der Waals surface area (Å²) in [7, 11) is 0. The van der Waals surface area contributed by atoms with Crippen LogP contribution in [0.4, 0.5) is 5.13 Å². The molecule has 0 saturated carbocycles. The number of hydrogen-bond acceptors (Lipinski definition) is 7. The Bertz CT molecular complexity index is 547. The van der Waals surface area contributed by atoms with Crippen molar-refractivity contribution >= 4 is 28.2 Å². The van der Waals surface area contributed by atoms with Gasteiger partial charge < -0.3 is 15.2 Å². The Labute approximate surface area is 112 Å². The summed E-state index contributed by atoms with van der Waals surface area (Å²) in [5.74, 6) is 2.37. The molecule has 1 aliphatic heterocycles. The SMILES string of the molecule is Nc1nnc(SCC2COc3ccccc3O2)s1. The fourth-order valence-corrected chi connectivity index (χ4v) is 3.22. The Kier molecular flexibility index (Phi) is 3.24. The molecule has 0 amide bonds. The molecule has 0 radical (unpaired) electrons. The van der Waals surface area contributed by atoms with E-state index in [9.17, 15) is 0 Å². The maximum Gasteiger partial charge on any atom is 0.203 e. The summed E-state index contributed by atoms with van der Waals surface area (Å²) in [4.78, 5) is 0. The third-order valence-electron chi connectivity index (χ3n) is 2.38. The summed E-state index contributed by atoms with van der Waals surface area (Å²) < 4.78 is 12.3. The molecule has 2 heterocycles. The van der Waals surface area contributed by atoms with Gasteiger partial charge in [-0.2, -0.15) is 0 Å². The van der Waals surface area contributed by atoms with Gasteiger partial charge in [0.05, 0.1) is 0 Å². The standard InChI is InChI=1S/C11H11N3O2S2/c12-10-13-14-11(18-10)17-6-7-5-15-8-3-1-2-4-9(8)16-7/h1-4,7H,5-6H2,(H2,12,13). The van der Waals surface area contributed by atoms with E-state index in [-0.39, 0.29) is 6.10 Å². The first-order valence-corrected chi connectivity index (χ1v) is 7.22. The highest BCUT2D eigenvalue weighted by atomic mass is 32.2. The first kappa shape index (κ1) is 11.6. The highest BCUT2D eigenvalue weighted by Crippen LogP contribution is 2.33. The number of aromatic nitrogens is 2. The van der Waals surface area contributed by atoms with E-state index in [1.165, 1.54) is 11.3 Å². The Hall–Kier alpha value is -1.47. The lowest BCUT2D eigenvalue weighted by atomic mass is 10.3. The minimum absolute atomic E-state index is 0.0232. The second kappa shape index (κ2) is 5.03. The molecule has 3 rings (SSSR count). The molecule has 1 aromatic heterocycles. The summed E-state index contributed by atoms with van der Waals surface area (Å²) >= 11 is 2.97. The maximum absolute atomic E-state index is 5.84. The van der Waals surface area contributed by atoms with Crippen molar-refractivity contribution < 1.29 is 9.47 Å². The average Bonchev–Trinajstić information content (AvgIpc) is 2.82. The number of benzene rings is 1. The molecule has 0 fully saturated rings. The summed E-state index contributed by atoms with van der Waals surface area (Å²) in [6.45, 7) is 0.554. The van der Waals surface area contributed by atoms with E-state index in [1.807, 2.05) is 24.3 Å². The number of thioether (sulfide) groups is 1. The van der Waals surface area contributed by atoms with Gasteiger partial charge in [-0.25, -0.2) is 0 Å². The van der Waals surface area contributed by atoms with Gasteiger partial charge in [-0.15, -0.1) is 10.2 Å². The lowest BCUT2D eigenvalue weighted by Gasteiger charge is -2.25. The summed E-state index contributed by atoms with van der Waals surface area (Å²) in [5, 5.41) is 8.21. The van der Waals surface area contributed by atoms with Crippen LogP contribution in [0.25, 0.3) is 0 Å². The summed E-state index contributed by atoms with van der Waals surface area (Å²) in [5.41, 5.74) is 5.53. The zero-order valence-corrected chi connectivity index (χ0v) is 11.0. The van der Waals surface area contributed by atoms with Gasteiger partial charge in [0.2, 0.25) is 5.13 Å². The van der Waals surface area contributed by atoms with Crippen LogP contribution in [0.3, 0.4) is 0 Å². The van der Waals surface area contributed by atoms with Crippen LogP contribution in [0.1, 0.15) is 0 Å². The minimum atomic E-state index is 0.0232. The number of rotatable bonds is 3. The van der Waals surface area contributed by atoms with Crippen LogP contribution >= 0.6 is 23.1 Å². The fourth-order valence-electron chi connectivity index (χ4n) is 1.59. The number of nitrogens with zero attached hydrogens (tertiary/aromatic N) is 2. The number of nitrogens with two attached hydrogens (primary N) is 1. The van der Waals surface area contributed by atoms with Crippen LogP contribution in [-0.4, -0.2) is 28.7 Å². The minimum Gasteiger partial charge on any atom is -0.486 e. The molecule has 0 spiro atoms. The number of para-hydroxylation sites is 2. The second-order valence-corrected chi connectivity index (χ2v) is 5.99. The van der Waals surface area contributed by atoms with Crippen LogP contribution in [0, 0.1) is 0 Å². The third-order valence-corrected chi connectivity index (χ3v) is 4.40. The van der Waals surface area contributed by atoms with Gasteiger partial charge in [0.25, 0.3) is 0 Å². The molecule has 0 bridgehead atoms. The fraction of sp³-hybridized carbons (Fsp3) is 0.273. The molecule has 18 heavy (non-hydrogen) atoms. The van der Waals surface area contributed by atoms with E-state index < -0.39 is 0 Å². The predicted octanol–water partition coefficient (Wildman–Crippen LogP) is 2.05. The molecular weight excluding hydrogens is 270 g/mol. The van der Waals surface area contributed by atoms with Gasteiger partial charge in [0.1, 0.15) is 12.7 Å². The normalized spacial score (nSPS) is 17.7. The molecule has 1 unspecified atom stereocenters. The van der Waals surface area contributed by atoms with E-state index in [0.717, 1.165) is 21.6 Å². The van der Waals surface area contributed by atoms with Crippen molar-refractivity contribution in [1.29, 1.82) is 0 Å². The lowest BCUT2D eigenvalue weighted by molar-refractivity contribution is 0.107. The largest absolute Gasteiger partial charge is 0.486 e. The van der Waals surface area contributed by atoms with Crippen LogP contribution < -0.4 is 15.2 Å². The molecule has 0 saturated heterocycles. The van der Waals surface area contributed by atoms with Crippen LogP contribution in [0.2, 0.25) is 0 Å². The predicted molar refractivity (Wildman–Crippen MR) is 71.4 cm³/mol. The molecule has 1 aromatic carbocycles. The molecule has 7 heteroatoms. The van der Waals surface area contributed by atoms with Crippen molar-refractivity contribution in [1.82, 2.24) is 10.2 Å². The van der Waals surface area contributed by atoms with Gasteiger partial charge in [-0.05, 0) is 12.1 Å². The van der Waals surface area contributed by atoms with E-state index in [2.05, 4.69) is 10.2 Å². The van der Waals surface area contributed by atoms with Gasteiger partial charge >= 0.3 is 0 Å². The van der Waals surface area contributed by atoms with Crippen LogP contribution in [-0.2, 0) is 0 Å². The number of anilines is 1. The van der Waals surface area contributed by atoms with Crippen molar-refractivity contribution in [3.8, 4) is 11.5 Å². The molecule has 94 valence electrons. The third kappa shape index (κ3) is 2.51. The second-order valence-electron chi connectivity index (χ2n) is 3.71. The molecular formula is C11H11N3O2S2. The Morgan fingerprint density at radius 1 is 1.33 bits per heavy atom. The monoisotopic (exact) mass is 281 g/mol. The smallest absolute Gasteiger partial charge is 0.203 e. The number of nitrogen functional groups attached to an aromatic ring is 1. The van der Waals surface area contributed by atoms with Gasteiger partial charge in [-0.3, -0.25) is 0 Å². The van der Waals surface area contributed by atoms with Crippen molar-refractivity contribution in [2.75, 3.05) is 18.1 Å². The first-order chi connectivity index (χ1) is 8.81. The number of hydrogen-bond donors (Lipinski definition) is 1. The lowest BCUT2D eigenvalue weighted by Crippen LogP contribution is -2.31. The van der Waals surface area contributed by atoms with E-state index in [4.69, 9.17) is 15.2 Å². The van der Waals surface area contributed by atoms with Crippen molar-refractivity contribution in [3.63, 3.8) is 0 Å². The van der Waals surface area contributed by atoms with Gasteiger partial charge in [-0.1, -0.05) is 35.2 Å².